The van der Waals surface area contributed by atoms with E-state index in [0.717, 1.165) is 23.2 Å². The van der Waals surface area contributed by atoms with Crippen molar-refractivity contribution >= 4 is 35.0 Å². The van der Waals surface area contributed by atoms with E-state index in [1.807, 2.05) is 31.2 Å². The number of amides is 1. The first-order valence-corrected chi connectivity index (χ1v) is 8.13. The van der Waals surface area contributed by atoms with Crippen LogP contribution in [0.15, 0.2) is 48.2 Å². The summed E-state index contributed by atoms with van der Waals surface area (Å²) in [4.78, 5) is 14.3. The molecule has 0 aliphatic carbocycles. The highest BCUT2D eigenvalue weighted by atomic mass is 32.1. The maximum absolute atomic E-state index is 13.4. The number of carbonyl (C=O) groups is 1. The number of carbonyl (C=O) groups excluding carboxylic acids is 1. The highest BCUT2D eigenvalue weighted by molar-refractivity contribution is 7.80. The highest BCUT2D eigenvalue weighted by Gasteiger charge is 2.32. The molecule has 0 radical (unpaired) electrons. The molecule has 1 aliphatic rings. The molecule has 1 aliphatic heterocycles. The van der Waals surface area contributed by atoms with E-state index in [4.69, 9.17) is 12.2 Å². The normalized spacial score (nSPS) is 16.0. The van der Waals surface area contributed by atoms with E-state index in [1.54, 1.807) is 25.1 Å². The molecular weight excluding hydrogens is 323 g/mol. The molecule has 1 heterocycles. The van der Waals surface area contributed by atoms with Gasteiger partial charge in [0.05, 0.1) is 5.69 Å². The number of nitrogens with zero attached hydrogens (tertiary/aromatic N) is 1. The zero-order valence-corrected chi connectivity index (χ0v) is 14.3. The van der Waals surface area contributed by atoms with Crippen molar-refractivity contribution in [3.05, 3.63) is 70.7 Å². The van der Waals surface area contributed by atoms with Crippen molar-refractivity contribution in [2.24, 2.45) is 0 Å². The van der Waals surface area contributed by atoms with Gasteiger partial charge < -0.3 is 5.32 Å². The number of halogens is 1. The van der Waals surface area contributed by atoms with Crippen molar-refractivity contribution < 1.29 is 9.18 Å². The number of hydrogen-bond acceptors (Lipinski definition) is 2. The van der Waals surface area contributed by atoms with Crippen LogP contribution in [0.4, 0.5) is 10.1 Å². The summed E-state index contributed by atoms with van der Waals surface area (Å²) in [7, 11) is 0. The van der Waals surface area contributed by atoms with E-state index in [-0.39, 0.29) is 11.7 Å². The van der Waals surface area contributed by atoms with Crippen LogP contribution in [-0.4, -0.2) is 11.0 Å². The van der Waals surface area contributed by atoms with Crippen LogP contribution in [0.5, 0.6) is 0 Å². The molecule has 0 saturated carbocycles. The van der Waals surface area contributed by atoms with Gasteiger partial charge in [0.1, 0.15) is 11.5 Å². The van der Waals surface area contributed by atoms with Crippen molar-refractivity contribution in [3.8, 4) is 0 Å². The Balaban J connectivity index is 1.97. The average molecular weight is 340 g/mol. The number of rotatable bonds is 3. The predicted molar refractivity (Wildman–Crippen MR) is 98.2 cm³/mol. The summed E-state index contributed by atoms with van der Waals surface area (Å²) in [5, 5.41) is 3.31. The minimum atomic E-state index is -0.267. The lowest BCUT2D eigenvalue weighted by molar-refractivity contribution is -0.113. The lowest BCUT2D eigenvalue weighted by atomic mass is 10.1. The van der Waals surface area contributed by atoms with Crippen LogP contribution >= 0.6 is 12.2 Å². The predicted octanol–water partition coefficient (Wildman–Crippen LogP) is 3.96. The monoisotopic (exact) mass is 340 g/mol. The smallest absolute Gasteiger partial charge is 0.281 e. The van der Waals surface area contributed by atoms with Gasteiger partial charge in [-0.25, -0.2) is 4.39 Å². The van der Waals surface area contributed by atoms with Crippen LogP contribution in [0.2, 0.25) is 0 Å². The van der Waals surface area contributed by atoms with Crippen LogP contribution in [0.1, 0.15) is 23.6 Å². The number of nitrogens with one attached hydrogen (secondary N) is 1. The largest absolute Gasteiger partial charge is 0.327 e. The molecule has 1 fully saturated rings. The molecule has 122 valence electrons. The van der Waals surface area contributed by atoms with Crippen molar-refractivity contribution in [1.29, 1.82) is 0 Å². The quantitative estimate of drug-likeness (QED) is 0.678. The third-order valence-electron chi connectivity index (χ3n) is 3.98. The van der Waals surface area contributed by atoms with Gasteiger partial charge in [0.15, 0.2) is 5.11 Å². The number of benzene rings is 2. The molecule has 3 rings (SSSR count). The molecule has 2 aromatic carbocycles. The number of aryl methyl sites for hydroxylation is 2. The van der Waals surface area contributed by atoms with E-state index in [1.165, 1.54) is 11.0 Å². The van der Waals surface area contributed by atoms with Gasteiger partial charge >= 0.3 is 0 Å². The molecule has 2 aromatic rings. The van der Waals surface area contributed by atoms with Gasteiger partial charge in [0, 0.05) is 0 Å². The lowest BCUT2D eigenvalue weighted by Gasteiger charge is -2.17. The fourth-order valence-corrected chi connectivity index (χ4v) is 3.00. The number of para-hydroxylation sites is 1. The molecule has 0 bridgehead atoms. The summed E-state index contributed by atoms with van der Waals surface area (Å²) in [5.41, 5.74) is 3.51. The fraction of sp³-hybridized carbons (Fsp3) is 0.158. The van der Waals surface area contributed by atoms with Crippen molar-refractivity contribution in [3.63, 3.8) is 0 Å². The molecule has 3 nitrogen and oxygen atoms in total. The van der Waals surface area contributed by atoms with Crippen LogP contribution in [-0.2, 0) is 11.2 Å². The van der Waals surface area contributed by atoms with E-state index >= 15 is 0 Å². The van der Waals surface area contributed by atoms with Crippen LogP contribution in [0, 0.1) is 12.7 Å². The van der Waals surface area contributed by atoms with Gasteiger partial charge in [-0.05, 0) is 66.5 Å². The zero-order valence-electron chi connectivity index (χ0n) is 13.5. The van der Waals surface area contributed by atoms with Gasteiger partial charge in [-0.2, -0.15) is 0 Å². The maximum atomic E-state index is 13.4. The van der Waals surface area contributed by atoms with Crippen molar-refractivity contribution in [2.75, 3.05) is 4.90 Å². The second-order valence-electron chi connectivity index (χ2n) is 5.62. The molecule has 0 aromatic heterocycles. The Kier molecular flexibility index (Phi) is 4.44. The van der Waals surface area contributed by atoms with E-state index in [2.05, 4.69) is 5.32 Å². The fourth-order valence-electron chi connectivity index (χ4n) is 2.71. The molecule has 1 amide bonds. The summed E-state index contributed by atoms with van der Waals surface area (Å²) in [6.45, 7) is 3.73. The van der Waals surface area contributed by atoms with Crippen molar-refractivity contribution in [2.45, 2.75) is 20.3 Å². The Bertz CT molecular complexity index is 860. The zero-order chi connectivity index (χ0) is 17.3. The Morgan fingerprint density at radius 1 is 1.25 bits per heavy atom. The topological polar surface area (TPSA) is 32.3 Å². The Hall–Kier alpha value is -2.53. The van der Waals surface area contributed by atoms with Gasteiger partial charge in [0.2, 0.25) is 0 Å². The van der Waals surface area contributed by atoms with Gasteiger partial charge in [-0.1, -0.05) is 31.2 Å². The molecule has 0 atom stereocenters. The minimum absolute atomic E-state index is 0.206. The molecule has 1 saturated heterocycles. The van der Waals surface area contributed by atoms with E-state index < -0.39 is 0 Å². The summed E-state index contributed by atoms with van der Waals surface area (Å²) >= 11 is 5.34. The summed E-state index contributed by atoms with van der Waals surface area (Å²) in [5.74, 6) is -0.472. The summed E-state index contributed by atoms with van der Waals surface area (Å²) < 4.78 is 13.4. The highest BCUT2D eigenvalue weighted by Crippen LogP contribution is 2.26. The first-order valence-electron chi connectivity index (χ1n) is 7.72. The average Bonchev–Trinajstić information content (AvgIpc) is 2.85. The molecule has 0 spiro atoms. The van der Waals surface area contributed by atoms with E-state index in [9.17, 15) is 9.18 Å². The maximum Gasteiger partial charge on any atom is 0.281 e. The van der Waals surface area contributed by atoms with Gasteiger partial charge in [-0.3, -0.25) is 9.69 Å². The van der Waals surface area contributed by atoms with E-state index in [0.29, 0.717) is 16.4 Å². The van der Waals surface area contributed by atoms with Gasteiger partial charge in [0.25, 0.3) is 5.91 Å². The third kappa shape index (κ3) is 2.95. The standard InChI is InChI=1S/C19H17FN2OS/c1-3-14-6-4-5-7-17(14)22-18(23)16(21-19(22)24)11-13-8-9-15(20)12(2)10-13/h4-11H,3H2,1-2H3,(H,21,24)/b16-11-. The second kappa shape index (κ2) is 6.53. The molecule has 1 N–H and O–H groups in total. The number of hydrogen-bond donors (Lipinski definition) is 1. The summed E-state index contributed by atoms with van der Waals surface area (Å²) in [6.07, 6.45) is 2.49. The van der Waals surface area contributed by atoms with Crippen LogP contribution in [0.3, 0.4) is 0 Å². The SMILES string of the molecule is CCc1ccccc1N1C(=O)/C(=C/c2ccc(F)c(C)c2)NC1=S. The van der Waals surface area contributed by atoms with Crippen LogP contribution in [0.25, 0.3) is 6.08 Å². The van der Waals surface area contributed by atoms with Gasteiger partial charge in [-0.15, -0.1) is 0 Å². The van der Waals surface area contributed by atoms with Crippen molar-refractivity contribution in [1.82, 2.24) is 5.32 Å². The minimum Gasteiger partial charge on any atom is -0.327 e. The molecule has 0 unspecified atom stereocenters. The number of thiocarbonyl (C=S) groups is 1. The molecule has 24 heavy (non-hydrogen) atoms. The Morgan fingerprint density at radius 2 is 2.00 bits per heavy atom. The molecule has 5 heteroatoms. The summed E-state index contributed by atoms with van der Waals surface area (Å²) in [6, 6.07) is 12.4. The first-order chi connectivity index (χ1) is 11.5. The lowest BCUT2D eigenvalue weighted by Crippen LogP contribution is -2.31. The number of anilines is 1. The third-order valence-corrected chi connectivity index (χ3v) is 4.27. The first kappa shape index (κ1) is 16.3. The van der Waals surface area contributed by atoms with Crippen LogP contribution < -0.4 is 10.2 Å². The molecular formula is C19H17FN2OS. The Labute approximate surface area is 145 Å². The Morgan fingerprint density at radius 3 is 2.71 bits per heavy atom. The second-order valence-corrected chi connectivity index (χ2v) is 6.01.